The smallest absolute Gasteiger partial charge is 0.416 e. The van der Waals surface area contributed by atoms with Crippen molar-refractivity contribution >= 4 is 17.4 Å². The maximum atomic E-state index is 12.9. The number of hydrogen-bond acceptors (Lipinski definition) is 7. The van der Waals surface area contributed by atoms with E-state index in [1.54, 1.807) is 31.2 Å². The highest BCUT2D eigenvalue weighted by Gasteiger charge is 2.30. The molecule has 0 spiro atoms. The third-order valence-electron chi connectivity index (χ3n) is 4.43. The molecule has 8 nitrogen and oxygen atoms in total. The van der Waals surface area contributed by atoms with E-state index in [-0.39, 0.29) is 29.3 Å². The molecule has 1 heterocycles. The van der Waals surface area contributed by atoms with E-state index >= 15 is 0 Å². The van der Waals surface area contributed by atoms with Crippen molar-refractivity contribution in [2.75, 3.05) is 7.11 Å². The topological polar surface area (TPSA) is 107 Å². The van der Waals surface area contributed by atoms with Crippen LogP contribution in [0, 0.1) is 0 Å². The first-order valence-electron chi connectivity index (χ1n) is 9.44. The molecular weight excluding hydrogens is 443 g/mol. The highest BCUT2D eigenvalue weighted by molar-refractivity contribution is 6.42. The first-order valence-corrected chi connectivity index (χ1v) is 9.44. The van der Waals surface area contributed by atoms with Crippen LogP contribution < -0.4 is 0 Å². The lowest BCUT2D eigenvalue weighted by Crippen LogP contribution is -2.17. The number of benzene rings is 2. The summed E-state index contributed by atoms with van der Waals surface area (Å²) < 4.78 is 44.0. The van der Waals surface area contributed by atoms with Crippen LogP contribution in [-0.4, -0.2) is 34.8 Å². The number of oxime groups is 2. The summed E-state index contributed by atoms with van der Waals surface area (Å²) in [7, 11) is 1.24. The van der Waals surface area contributed by atoms with E-state index in [2.05, 4.69) is 20.3 Å². The average molecular weight is 461 g/mol. The van der Waals surface area contributed by atoms with Crippen LogP contribution in [0.15, 0.2) is 69.4 Å². The zero-order valence-electron chi connectivity index (χ0n) is 17.5. The Hall–Kier alpha value is -4.15. The second-order valence-electron chi connectivity index (χ2n) is 6.69. The Morgan fingerprint density at radius 2 is 1.88 bits per heavy atom. The number of hydrogen-bond donors (Lipinski definition) is 1. The molecule has 0 aliphatic rings. The molecule has 1 N–H and O–H groups in total. The van der Waals surface area contributed by atoms with Crippen molar-refractivity contribution in [3.63, 3.8) is 0 Å². The zero-order chi connectivity index (χ0) is 24.0. The quantitative estimate of drug-likeness (QED) is 0.384. The minimum Gasteiger partial charge on any atom is -0.476 e. The van der Waals surface area contributed by atoms with E-state index in [1.165, 1.54) is 25.3 Å². The summed E-state index contributed by atoms with van der Waals surface area (Å²) in [6, 6.07) is 12.7. The molecule has 0 saturated heterocycles. The van der Waals surface area contributed by atoms with Crippen LogP contribution in [0.3, 0.4) is 0 Å². The van der Waals surface area contributed by atoms with Crippen LogP contribution in [0.25, 0.3) is 11.3 Å². The molecule has 0 bridgehead atoms. The number of alkyl halides is 3. The molecule has 0 aliphatic heterocycles. The van der Waals surface area contributed by atoms with Gasteiger partial charge in [-0.05, 0) is 19.1 Å². The van der Waals surface area contributed by atoms with Crippen LogP contribution >= 0.6 is 0 Å². The van der Waals surface area contributed by atoms with E-state index in [0.717, 1.165) is 12.1 Å². The van der Waals surface area contributed by atoms with Gasteiger partial charge in [0.05, 0.1) is 5.56 Å². The minimum absolute atomic E-state index is 0.0815. The first-order chi connectivity index (χ1) is 15.7. The van der Waals surface area contributed by atoms with Gasteiger partial charge in [-0.3, -0.25) is 0 Å². The third kappa shape index (κ3) is 5.76. The predicted octanol–water partition coefficient (Wildman–Crippen LogP) is 4.74. The molecule has 33 heavy (non-hydrogen) atoms. The molecule has 0 aliphatic carbocycles. The summed E-state index contributed by atoms with van der Waals surface area (Å²) >= 11 is 0. The van der Waals surface area contributed by atoms with Gasteiger partial charge in [0.15, 0.2) is 11.5 Å². The number of carbonyl (C=O) groups is 1. The fourth-order valence-electron chi connectivity index (χ4n) is 2.85. The van der Waals surface area contributed by atoms with Crippen molar-refractivity contribution in [3.05, 3.63) is 77.0 Å². The summed E-state index contributed by atoms with van der Waals surface area (Å²) in [5.74, 6) is -1.13. The molecule has 3 aromatic rings. The number of carboxylic acid groups (broad SMARTS) is 1. The molecule has 11 heteroatoms. The third-order valence-corrected chi connectivity index (χ3v) is 4.43. The van der Waals surface area contributed by atoms with E-state index in [4.69, 9.17) is 9.36 Å². The standard InChI is InChI=1S/C22H18F3N3O5/c1-13(18-11-19(33-27-18)14-7-5-8-16(10-14)22(23,24)25)26-32-12-15-6-3-4-9-17(15)20(21(29)30)28-31-2/h3-11H,12H2,1-2H3,(H,29,30)/b26-13+,28-20+. The normalized spacial score (nSPS) is 12.5. The molecule has 0 unspecified atom stereocenters. The average Bonchev–Trinajstić information content (AvgIpc) is 3.28. The van der Waals surface area contributed by atoms with Gasteiger partial charge in [-0.1, -0.05) is 51.9 Å². The molecule has 0 atom stereocenters. The van der Waals surface area contributed by atoms with Gasteiger partial charge in [0, 0.05) is 22.8 Å². The predicted molar refractivity (Wildman–Crippen MR) is 112 cm³/mol. The van der Waals surface area contributed by atoms with Crippen molar-refractivity contribution in [3.8, 4) is 11.3 Å². The molecule has 2 aromatic carbocycles. The summed E-state index contributed by atoms with van der Waals surface area (Å²) in [5.41, 5.74) is 0.485. The highest BCUT2D eigenvalue weighted by atomic mass is 19.4. The lowest BCUT2D eigenvalue weighted by atomic mass is 10.0. The molecule has 3 rings (SSSR count). The Kier molecular flexibility index (Phi) is 7.11. The van der Waals surface area contributed by atoms with Crippen molar-refractivity contribution in [2.45, 2.75) is 19.7 Å². The van der Waals surface area contributed by atoms with Gasteiger partial charge < -0.3 is 19.3 Å². The van der Waals surface area contributed by atoms with Crippen LogP contribution in [0.4, 0.5) is 13.2 Å². The van der Waals surface area contributed by atoms with Crippen LogP contribution in [0.2, 0.25) is 0 Å². The molecule has 0 fully saturated rings. The lowest BCUT2D eigenvalue weighted by molar-refractivity contribution is -0.137. The van der Waals surface area contributed by atoms with E-state index in [0.29, 0.717) is 16.8 Å². The Labute approximate surface area is 185 Å². The number of carboxylic acids is 1. The summed E-state index contributed by atoms with van der Waals surface area (Å²) in [5, 5.41) is 20.6. The minimum atomic E-state index is -4.48. The summed E-state index contributed by atoms with van der Waals surface area (Å²) in [6.45, 7) is 1.50. The monoisotopic (exact) mass is 461 g/mol. The lowest BCUT2D eigenvalue weighted by Gasteiger charge is -2.08. The molecular formula is C22H18F3N3O5. The maximum Gasteiger partial charge on any atom is 0.416 e. The van der Waals surface area contributed by atoms with Crippen molar-refractivity contribution in [2.24, 2.45) is 10.3 Å². The van der Waals surface area contributed by atoms with E-state index in [1.807, 2.05) is 0 Å². The fraction of sp³-hybridized carbons (Fsp3) is 0.182. The van der Waals surface area contributed by atoms with Crippen molar-refractivity contribution < 1.29 is 37.3 Å². The van der Waals surface area contributed by atoms with Crippen LogP contribution in [-0.2, 0) is 27.3 Å². The SMILES string of the molecule is CO/N=C(/C(=O)O)c1ccccc1CO/N=C(\C)c1cc(-c2cccc(C(F)(F)F)c2)on1. The molecule has 172 valence electrons. The Bertz CT molecular complexity index is 1200. The number of aliphatic carboxylic acids is 1. The molecule has 0 saturated carbocycles. The van der Waals surface area contributed by atoms with Gasteiger partial charge in [-0.15, -0.1) is 0 Å². The summed E-state index contributed by atoms with van der Waals surface area (Å²) in [4.78, 5) is 21.4. The number of halogens is 3. The zero-order valence-corrected chi connectivity index (χ0v) is 17.5. The number of aromatic nitrogens is 1. The first kappa shape index (κ1) is 23.5. The second-order valence-corrected chi connectivity index (χ2v) is 6.69. The Morgan fingerprint density at radius 1 is 1.12 bits per heavy atom. The van der Waals surface area contributed by atoms with Gasteiger partial charge in [0.2, 0.25) is 0 Å². The van der Waals surface area contributed by atoms with Crippen molar-refractivity contribution in [1.82, 2.24) is 5.16 Å². The summed E-state index contributed by atoms with van der Waals surface area (Å²) in [6.07, 6.45) is -4.48. The maximum absolute atomic E-state index is 12.9. The number of nitrogens with zero attached hydrogens (tertiary/aromatic N) is 3. The molecule has 0 amide bonds. The van der Waals surface area contributed by atoms with Gasteiger partial charge in [-0.25, -0.2) is 4.79 Å². The fourth-order valence-corrected chi connectivity index (χ4v) is 2.85. The molecule has 1 aromatic heterocycles. The Balaban J connectivity index is 1.75. The highest BCUT2D eigenvalue weighted by Crippen LogP contribution is 2.32. The van der Waals surface area contributed by atoms with Crippen molar-refractivity contribution in [1.29, 1.82) is 0 Å². The second kappa shape index (κ2) is 9.98. The largest absolute Gasteiger partial charge is 0.476 e. The van der Waals surface area contributed by atoms with Crippen LogP contribution in [0.1, 0.15) is 29.3 Å². The van der Waals surface area contributed by atoms with E-state index in [9.17, 15) is 23.1 Å². The molecule has 0 radical (unpaired) electrons. The van der Waals surface area contributed by atoms with Gasteiger partial charge >= 0.3 is 12.1 Å². The Morgan fingerprint density at radius 3 is 2.58 bits per heavy atom. The number of rotatable bonds is 8. The van der Waals surface area contributed by atoms with E-state index < -0.39 is 17.7 Å². The van der Waals surface area contributed by atoms with Crippen LogP contribution in [0.5, 0.6) is 0 Å². The van der Waals surface area contributed by atoms with Gasteiger partial charge in [0.1, 0.15) is 25.1 Å². The van der Waals surface area contributed by atoms with Gasteiger partial charge in [0.25, 0.3) is 0 Å². The van der Waals surface area contributed by atoms with Gasteiger partial charge in [-0.2, -0.15) is 13.2 Å².